The molecule has 2 rings (SSSR count). The van der Waals surface area contributed by atoms with Gasteiger partial charge in [0.2, 0.25) is 10.0 Å². The van der Waals surface area contributed by atoms with Crippen LogP contribution in [0, 0.1) is 0 Å². The molecule has 0 bridgehead atoms. The van der Waals surface area contributed by atoms with Crippen molar-refractivity contribution in [1.82, 2.24) is 9.62 Å². The highest BCUT2D eigenvalue weighted by atomic mass is 79.9. The summed E-state index contributed by atoms with van der Waals surface area (Å²) in [5, 5.41) is 0.498. The van der Waals surface area contributed by atoms with E-state index in [2.05, 4.69) is 25.6 Å². The summed E-state index contributed by atoms with van der Waals surface area (Å²) >= 11 is 9.10. The number of halogens is 2. The van der Waals surface area contributed by atoms with Gasteiger partial charge in [0, 0.05) is 11.0 Å². The first kappa shape index (κ1) is 16.2. The number of hydrogen-bond donors (Lipinski definition) is 1. The Labute approximate surface area is 133 Å². The van der Waals surface area contributed by atoms with Crippen molar-refractivity contribution < 1.29 is 8.42 Å². The Morgan fingerprint density at radius 3 is 2.65 bits per heavy atom. The van der Waals surface area contributed by atoms with Gasteiger partial charge in [-0.2, -0.15) is 0 Å². The molecular weight excluding hydrogens is 364 g/mol. The zero-order valence-corrected chi connectivity index (χ0v) is 14.3. The molecule has 1 aromatic carbocycles. The number of hydrogen-bond acceptors (Lipinski definition) is 3. The Bertz CT molecular complexity index is 559. The number of benzene rings is 1. The standard InChI is InChI=1S/C13H18BrClN2O2S/c14-12-10-11(4-5-13(12)15)20(18,19)16-6-3-9-17-7-1-2-8-17/h4-5,10,16H,1-3,6-9H2. The summed E-state index contributed by atoms with van der Waals surface area (Å²) in [5.41, 5.74) is 0. The van der Waals surface area contributed by atoms with E-state index in [1.165, 1.54) is 25.0 Å². The summed E-state index contributed by atoms with van der Waals surface area (Å²) < 4.78 is 27.4. The van der Waals surface area contributed by atoms with Gasteiger partial charge < -0.3 is 4.90 Å². The van der Waals surface area contributed by atoms with Crippen LogP contribution < -0.4 is 4.72 Å². The van der Waals surface area contributed by atoms with Gasteiger partial charge in [0.05, 0.1) is 9.92 Å². The second kappa shape index (κ2) is 7.22. The predicted octanol–water partition coefficient (Wildman–Crippen LogP) is 2.87. The SMILES string of the molecule is O=S(=O)(NCCCN1CCCC1)c1ccc(Cl)c(Br)c1. The molecule has 0 radical (unpaired) electrons. The van der Waals surface area contributed by atoms with Crippen molar-refractivity contribution in [1.29, 1.82) is 0 Å². The van der Waals surface area contributed by atoms with Crippen LogP contribution in [0.25, 0.3) is 0 Å². The van der Waals surface area contributed by atoms with E-state index in [0.717, 1.165) is 26.1 Å². The summed E-state index contributed by atoms with van der Waals surface area (Å²) in [4.78, 5) is 2.60. The van der Waals surface area contributed by atoms with E-state index >= 15 is 0 Å². The minimum absolute atomic E-state index is 0.231. The first-order chi connectivity index (χ1) is 9.49. The summed E-state index contributed by atoms with van der Waals surface area (Å²) in [7, 11) is -3.45. The number of likely N-dealkylation sites (tertiary alicyclic amines) is 1. The first-order valence-electron chi connectivity index (χ1n) is 6.66. The first-order valence-corrected chi connectivity index (χ1v) is 9.31. The Morgan fingerprint density at radius 2 is 2.00 bits per heavy atom. The molecule has 112 valence electrons. The highest BCUT2D eigenvalue weighted by Gasteiger charge is 2.15. The maximum Gasteiger partial charge on any atom is 0.240 e. The fraction of sp³-hybridized carbons (Fsp3) is 0.538. The van der Waals surface area contributed by atoms with E-state index in [1.807, 2.05) is 0 Å². The van der Waals surface area contributed by atoms with Gasteiger partial charge in [-0.05, 0) is 73.0 Å². The van der Waals surface area contributed by atoms with E-state index in [1.54, 1.807) is 6.07 Å². The molecule has 4 nitrogen and oxygen atoms in total. The zero-order valence-electron chi connectivity index (χ0n) is 11.1. The summed E-state index contributed by atoms with van der Waals surface area (Å²) in [6.45, 7) is 3.68. The number of rotatable bonds is 6. The van der Waals surface area contributed by atoms with Crippen molar-refractivity contribution in [3.8, 4) is 0 Å². The van der Waals surface area contributed by atoms with Crippen LogP contribution in [0.5, 0.6) is 0 Å². The molecule has 1 fully saturated rings. The fourth-order valence-corrected chi connectivity index (χ4v) is 3.99. The van der Waals surface area contributed by atoms with E-state index in [9.17, 15) is 8.42 Å². The van der Waals surface area contributed by atoms with Crippen molar-refractivity contribution in [3.63, 3.8) is 0 Å². The fourth-order valence-electron chi connectivity index (χ4n) is 2.24. The van der Waals surface area contributed by atoms with Crippen molar-refractivity contribution in [2.24, 2.45) is 0 Å². The zero-order chi connectivity index (χ0) is 14.6. The van der Waals surface area contributed by atoms with Gasteiger partial charge in [-0.15, -0.1) is 0 Å². The highest BCUT2D eigenvalue weighted by molar-refractivity contribution is 9.10. The molecule has 1 aliphatic heterocycles. The van der Waals surface area contributed by atoms with E-state index in [-0.39, 0.29) is 4.90 Å². The van der Waals surface area contributed by atoms with Crippen LogP contribution in [0.1, 0.15) is 19.3 Å². The van der Waals surface area contributed by atoms with Crippen LogP contribution in [0.3, 0.4) is 0 Å². The van der Waals surface area contributed by atoms with Gasteiger partial charge in [0.15, 0.2) is 0 Å². The third kappa shape index (κ3) is 4.43. The average molecular weight is 382 g/mol. The largest absolute Gasteiger partial charge is 0.303 e. The lowest BCUT2D eigenvalue weighted by atomic mass is 10.4. The lowest BCUT2D eigenvalue weighted by molar-refractivity contribution is 0.334. The Morgan fingerprint density at radius 1 is 1.30 bits per heavy atom. The average Bonchev–Trinajstić information content (AvgIpc) is 2.91. The Hall–Kier alpha value is -0.140. The molecule has 7 heteroatoms. The van der Waals surface area contributed by atoms with E-state index < -0.39 is 10.0 Å². The molecule has 20 heavy (non-hydrogen) atoms. The van der Waals surface area contributed by atoms with Crippen LogP contribution >= 0.6 is 27.5 Å². The second-order valence-corrected chi connectivity index (χ2v) is 7.90. The van der Waals surface area contributed by atoms with Crippen LogP contribution in [-0.4, -0.2) is 39.5 Å². The Balaban J connectivity index is 1.85. The molecule has 0 aliphatic carbocycles. The summed E-state index contributed by atoms with van der Waals surface area (Å²) in [6.07, 6.45) is 3.34. The summed E-state index contributed by atoms with van der Waals surface area (Å²) in [5.74, 6) is 0. The molecule has 1 heterocycles. The smallest absolute Gasteiger partial charge is 0.240 e. The minimum atomic E-state index is -3.45. The van der Waals surface area contributed by atoms with Crippen molar-refractivity contribution in [2.45, 2.75) is 24.2 Å². The monoisotopic (exact) mass is 380 g/mol. The molecular formula is C13H18BrClN2O2S. The Kier molecular flexibility index (Phi) is 5.86. The normalized spacial score (nSPS) is 16.7. The number of nitrogens with zero attached hydrogens (tertiary/aromatic N) is 1. The van der Waals surface area contributed by atoms with Gasteiger partial charge >= 0.3 is 0 Å². The molecule has 1 saturated heterocycles. The highest BCUT2D eigenvalue weighted by Crippen LogP contribution is 2.25. The maximum atomic E-state index is 12.1. The van der Waals surface area contributed by atoms with Gasteiger partial charge in [-0.25, -0.2) is 13.1 Å². The lowest BCUT2D eigenvalue weighted by Gasteiger charge is -2.14. The van der Waals surface area contributed by atoms with Gasteiger partial charge in [0.25, 0.3) is 0 Å². The molecule has 0 saturated carbocycles. The van der Waals surface area contributed by atoms with Crippen molar-refractivity contribution in [2.75, 3.05) is 26.2 Å². The van der Waals surface area contributed by atoms with Crippen molar-refractivity contribution in [3.05, 3.63) is 27.7 Å². The molecule has 0 aromatic heterocycles. The third-order valence-electron chi connectivity index (χ3n) is 3.34. The summed E-state index contributed by atoms with van der Waals surface area (Å²) in [6, 6.07) is 4.60. The van der Waals surface area contributed by atoms with E-state index in [4.69, 9.17) is 11.6 Å². The minimum Gasteiger partial charge on any atom is -0.303 e. The molecule has 0 spiro atoms. The van der Waals surface area contributed by atoms with Crippen molar-refractivity contribution >= 4 is 37.6 Å². The maximum absolute atomic E-state index is 12.1. The molecule has 0 amide bonds. The molecule has 0 unspecified atom stereocenters. The third-order valence-corrected chi connectivity index (χ3v) is 6.02. The van der Waals surface area contributed by atoms with Crippen LogP contribution in [0.2, 0.25) is 5.02 Å². The van der Waals surface area contributed by atoms with Crippen LogP contribution in [-0.2, 0) is 10.0 Å². The van der Waals surface area contributed by atoms with Gasteiger partial charge in [-0.3, -0.25) is 0 Å². The lowest BCUT2D eigenvalue weighted by Crippen LogP contribution is -2.28. The number of nitrogens with one attached hydrogen (secondary N) is 1. The van der Waals surface area contributed by atoms with Gasteiger partial charge in [-0.1, -0.05) is 11.6 Å². The van der Waals surface area contributed by atoms with Crippen LogP contribution in [0.15, 0.2) is 27.6 Å². The molecule has 1 aromatic rings. The molecule has 1 N–H and O–H groups in total. The van der Waals surface area contributed by atoms with E-state index in [0.29, 0.717) is 16.0 Å². The van der Waals surface area contributed by atoms with Gasteiger partial charge in [0.1, 0.15) is 0 Å². The molecule has 0 atom stereocenters. The topological polar surface area (TPSA) is 49.4 Å². The van der Waals surface area contributed by atoms with Crippen LogP contribution in [0.4, 0.5) is 0 Å². The predicted molar refractivity (Wildman–Crippen MR) is 84.6 cm³/mol. The molecule has 1 aliphatic rings. The number of sulfonamides is 1. The quantitative estimate of drug-likeness (QED) is 0.771. The second-order valence-electron chi connectivity index (χ2n) is 4.88.